The van der Waals surface area contributed by atoms with Gasteiger partial charge in [0.2, 0.25) is 5.95 Å². The van der Waals surface area contributed by atoms with Crippen molar-refractivity contribution in [3.63, 3.8) is 0 Å². The third-order valence-electron chi connectivity index (χ3n) is 3.08. The van der Waals surface area contributed by atoms with Crippen molar-refractivity contribution in [3.05, 3.63) is 18.0 Å². The van der Waals surface area contributed by atoms with Gasteiger partial charge in [0, 0.05) is 18.9 Å². The van der Waals surface area contributed by atoms with Gasteiger partial charge in [-0.2, -0.15) is 0 Å². The number of rotatable bonds is 7. The lowest BCUT2D eigenvalue weighted by Gasteiger charge is -2.17. The molecule has 1 N–H and O–H groups in total. The molecule has 0 aliphatic heterocycles. The zero-order valence-corrected chi connectivity index (χ0v) is 12.3. The summed E-state index contributed by atoms with van der Waals surface area (Å²) in [4.78, 5) is 8.71. The molecule has 0 saturated heterocycles. The summed E-state index contributed by atoms with van der Waals surface area (Å²) in [6.07, 6.45) is 10.3. The topological polar surface area (TPSA) is 37.8 Å². The van der Waals surface area contributed by atoms with Crippen molar-refractivity contribution in [1.82, 2.24) is 9.97 Å². The highest BCUT2D eigenvalue weighted by Crippen LogP contribution is 2.20. The molecular weight excluding hydrogens is 222 g/mol. The summed E-state index contributed by atoms with van der Waals surface area (Å²) in [5.74, 6) is 0.749. The van der Waals surface area contributed by atoms with Crippen LogP contribution in [0.25, 0.3) is 0 Å². The Kier molecular flexibility index (Phi) is 6.10. The van der Waals surface area contributed by atoms with Crippen molar-refractivity contribution in [2.24, 2.45) is 0 Å². The third kappa shape index (κ3) is 5.48. The van der Waals surface area contributed by atoms with E-state index in [-0.39, 0.29) is 5.41 Å². The second-order valence-corrected chi connectivity index (χ2v) is 5.89. The van der Waals surface area contributed by atoms with Gasteiger partial charge in [-0.05, 0) is 17.4 Å². The van der Waals surface area contributed by atoms with Crippen LogP contribution in [0.4, 0.5) is 5.95 Å². The van der Waals surface area contributed by atoms with Crippen LogP contribution in [0.3, 0.4) is 0 Å². The molecule has 0 amide bonds. The van der Waals surface area contributed by atoms with Crippen LogP contribution in [0.2, 0.25) is 0 Å². The summed E-state index contributed by atoms with van der Waals surface area (Å²) in [6.45, 7) is 9.73. The normalized spacial score (nSPS) is 11.6. The van der Waals surface area contributed by atoms with E-state index in [2.05, 4.69) is 43.0 Å². The van der Waals surface area contributed by atoms with E-state index in [1.165, 1.54) is 37.7 Å². The Morgan fingerprint density at radius 2 is 1.61 bits per heavy atom. The standard InChI is InChI=1S/C15H27N3/c1-5-6-7-8-9-10-16-14-17-11-13(12-18-14)15(2,3)4/h11-12H,5-10H2,1-4H3,(H,16,17,18). The Morgan fingerprint density at radius 3 is 2.17 bits per heavy atom. The van der Waals surface area contributed by atoms with Gasteiger partial charge in [0.25, 0.3) is 0 Å². The number of unbranched alkanes of at least 4 members (excludes halogenated alkanes) is 4. The molecule has 0 atom stereocenters. The van der Waals surface area contributed by atoms with Gasteiger partial charge in [0.05, 0.1) is 0 Å². The Labute approximate surface area is 111 Å². The predicted octanol–water partition coefficient (Wildman–Crippen LogP) is 4.16. The highest BCUT2D eigenvalue weighted by atomic mass is 15.1. The van der Waals surface area contributed by atoms with Crippen molar-refractivity contribution in [2.45, 2.75) is 65.2 Å². The van der Waals surface area contributed by atoms with Gasteiger partial charge < -0.3 is 5.32 Å². The number of nitrogens with zero attached hydrogens (tertiary/aromatic N) is 2. The van der Waals surface area contributed by atoms with E-state index >= 15 is 0 Å². The van der Waals surface area contributed by atoms with E-state index in [0.717, 1.165) is 12.5 Å². The predicted molar refractivity (Wildman–Crippen MR) is 78.0 cm³/mol. The zero-order chi connectivity index (χ0) is 13.4. The lowest BCUT2D eigenvalue weighted by atomic mass is 9.89. The molecule has 1 aromatic rings. The summed E-state index contributed by atoms with van der Waals surface area (Å²) >= 11 is 0. The molecule has 0 aromatic carbocycles. The minimum Gasteiger partial charge on any atom is -0.354 e. The molecule has 3 heteroatoms. The smallest absolute Gasteiger partial charge is 0.222 e. The molecule has 3 nitrogen and oxygen atoms in total. The number of aromatic nitrogens is 2. The molecule has 0 fully saturated rings. The van der Waals surface area contributed by atoms with Crippen LogP contribution in [-0.2, 0) is 5.41 Å². The minimum atomic E-state index is 0.124. The van der Waals surface area contributed by atoms with E-state index in [1.807, 2.05) is 12.4 Å². The maximum absolute atomic E-state index is 4.36. The number of anilines is 1. The van der Waals surface area contributed by atoms with Crippen LogP contribution in [0.1, 0.15) is 65.4 Å². The van der Waals surface area contributed by atoms with Gasteiger partial charge in [0.15, 0.2) is 0 Å². The quantitative estimate of drug-likeness (QED) is 0.737. The molecule has 0 unspecified atom stereocenters. The summed E-state index contributed by atoms with van der Waals surface area (Å²) in [5, 5.41) is 3.28. The van der Waals surface area contributed by atoms with Crippen molar-refractivity contribution in [2.75, 3.05) is 11.9 Å². The highest BCUT2D eigenvalue weighted by molar-refractivity contribution is 5.26. The third-order valence-corrected chi connectivity index (χ3v) is 3.08. The zero-order valence-electron chi connectivity index (χ0n) is 12.3. The molecule has 1 heterocycles. The summed E-state index contributed by atoms with van der Waals surface area (Å²) in [7, 11) is 0. The number of hydrogen-bond acceptors (Lipinski definition) is 3. The van der Waals surface area contributed by atoms with Gasteiger partial charge in [0.1, 0.15) is 0 Å². The summed E-state index contributed by atoms with van der Waals surface area (Å²) in [6, 6.07) is 0. The van der Waals surface area contributed by atoms with Gasteiger partial charge >= 0.3 is 0 Å². The van der Waals surface area contributed by atoms with Gasteiger partial charge in [-0.25, -0.2) is 9.97 Å². The fourth-order valence-corrected chi connectivity index (χ4v) is 1.74. The van der Waals surface area contributed by atoms with Crippen LogP contribution in [-0.4, -0.2) is 16.5 Å². The van der Waals surface area contributed by atoms with Gasteiger partial charge in [-0.3, -0.25) is 0 Å². The van der Waals surface area contributed by atoms with Gasteiger partial charge in [-0.15, -0.1) is 0 Å². The lowest BCUT2D eigenvalue weighted by Crippen LogP contribution is -2.13. The molecular formula is C15H27N3. The van der Waals surface area contributed by atoms with Crippen LogP contribution in [0.5, 0.6) is 0 Å². The van der Waals surface area contributed by atoms with E-state index < -0.39 is 0 Å². The van der Waals surface area contributed by atoms with Crippen LogP contribution in [0.15, 0.2) is 12.4 Å². The van der Waals surface area contributed by atoms with E-state index in [4.69, 9.17) is 0 Å². The maximum Gasteiger partial charge on any atom is 0.222 e. The Hall–Kier alpha value is -1.12. The molecule has 0 aliphatic rings. The highest BCUT2D eigenvalue weighted by Gasteiger charge is 2.14. The molecule has 0 spiro atoms. The number of nitrogens with one attached hydrogen (secondary N) is 1. The molecule has 0 aliphatic carbocycles. The maximum atomic E-state index is 4.36. The molecule has 1 aromatic heterocycles. The number of hydrogen-bond donors (Lipinski definition) is 1. The monoisotopic (exact) mass is 249 g/mol. The largest absolute Gasteiger partial charge is 0.354 e. The molecule has 0 bridgehead atoms. The molecule has 102 valence electrons. The Morgan fingerprint density at radius 1 is 1.00 bits per heavy atom. The van der Waals surface area contributed by atoms with Crippen molar-refractivity contribution >= 4 is 5.95 Å². The average molecular weight is 249 g/mol. The fourth-order valence-electron chi connectivity index (χ4n) is 1.74. The first-order valence-electron chi connectivity index (χ1n) is 7.10. The Bertz CT molecular complexity index is 325. The average Bonchev–Trinajstić information content (AvgIpc) is 2.33. The van der Waals surface area contributed by atoms with Gasteiger partial charge in [-0.1, -0.05) is 53.4 Å². The van der Waals surface area contributed by atoms with Crippen molar-refractivity contribution in [1.29, 1.82) is 0 Å². The van der Waals surface area contributed by atoms with Crippen molar-refractivity contribution < 1.29 is 0 Å². The first-order chi connectivity index (χ1) is 8.54. The van der Waals surface area contributed by atoms with Crippen molar-refractivity contribution in [3.8, 4) is 0 Å². The van der Waals surface area contributed by atoms with E-state index in [9.17, 15) is 0 Å². The first kappa shape index (κ1) is 14.9. The minimum absolute atomic E-state index is 0.124. The lowest BCUT2D eigenvalue weighted by molar-refractivity contribution is 0.584. The Balaban J connectivity index is 2.27. The molecule has 18 heavy (non-hydrogen) atoms. The first-order valence-corrected chi connectivity index (χ1v) is 7.10. The summed E-state index contributed by atoms with van der Waals surface area (Å²) < 4.78 is 0. The SMILES string of the molecule is CCCCCCCNc1ncc(C(C)(C)C)cn1. The molecule has 1 rings (SSSR count). The fraction of sp³-hybridized carbons (Fsp3) is 0.733. The van der Waals surface area contributed by atoms with Crippen LogP contribution < -0.4 is 5.32 Å². The molecule has 0 radical (unpaired) electrons. The van der Waals surface area contributed by atoms with Crippen LogP contribution >= 0.6 is 0 Å². The summed E-state index contributed by atoms with van der Waals surface area (Å²) in [5.41, 5.74) is 1.30. The second-order valence-electron chi connectivity index (χ2n) is 5.89. The van der Waals surface area contributed by atoms with Crippen LogP contribution in [0, 0.1) is 0 Å². The molecule has 0 saturated carbocycles. The second kappa shape index (κ2) is 7.34. The van der Waals surface area contributed by atoms with E-state index in [0.29, 0.717) is 0 Å². The van der Waals surface area contributed by atoms with E-state index in [1.54, 1.807) is 0 Å².